The molecule has 0 saturated carbocycles. The van der Waals surface area contributed by atoms with Gasteiger partial charge >= 0.3 is 0 Å². The predicted molar refractivity (Wildman–Crippen MR) is 111 cm³/mol. The van der Waals surface area contributed by atoms with Crippen LogP contribution in [-0.2, 0) is 19.6 Å². The lowest BCUT2D eigenvalue weighted by atomic mass is 10.1. The minimum Gasteiger partial charge on any atom is -0.497 e. The normalized spacial score (nSPS) is 15.3. The fourth-order valence-corrected chi connectivity index (χ4v) is 4.27. The highest BCUT2D eigenvalue weighted by Crippen LogP contribution is 2.20. The molecule has 0 aromatic heterocycles. The van der Waals surface area contributed by atoms with Crippen molar-refractivity contribution in [3.8, 4) is 11.8 Å². The molecular weight excluding hydrogens is 406 g/mol. The van der Waals surface area contributed by atoms with Crippen LogP contribution in [0.1, 0.15) is 5.56 Å². The molecule has 0 atom stereocenters. The van der Waals surface area contributed by atoms with Gasteiger partial charge in [-0.25, -0.2) is 8.42 Å². The summed E-state index contributed by atoms with van der Waals surface area (Å²) >= 11 is 0. The number of nitrogens with zero attached hydrogens (tertiary/aromatic N) is 2. The molecule has 1 fully saturated rings. The van der Waals surface area contributed by atoms with Crippen LogP contribution in [0.15, 0.2) is 59.0 Å². The van der Waals surface area contributed by atoms with Crippen LogP contribution in [0.25, 0.3) is 6.08 Å². The highest BCUT2D eigenvalue weighted by Gasteiger charge is 2.26. The summed E-state index contributed by atoms with van der Waals surface area (Å²) < 4.78 is 36.9. The monoisotopic (exact) mass is 427 g/mol. The number of amides is 1. The van der Waals surface area contributed by atoms with Crippen molar-refractivity contribution < 1.29 is 22.7 Å². The Hall–Kier alpha value is -3.19. The lowest BCUT2D eigenvalue weighted by Crippen LogP contribution is -2.40. The molecule has 30 heavy (non-hydrogen) atoms. The number of hydrogen-bond acceptors (Lipinski definition) is 6. The Labute approximate surface area is 175 Å². The molecule has 3 rings (SSSR count). The molecule has 1 N–H and O–H groups in total. The van der Waals surface area contributed by atoms with E-state index in [4.69, 9.17) is 9.47 Å². The molecule has 2 aromatic carbocycles. The van der Waals surface area contributed by atoms with E-state index in [1.54, 1.807) is 31.4 Å². The van der Waals surface area contributed by atoms with E-state index in [2.05, 4.69) is 5.32 Å². The molecule has 1 amide bonds. The predicted octanol–water partition coefficient (Wildman–Crippen LogP) is 2.26. The number of carbonyl (C=O) groups is 1. The standard InChI is InChI=1S/C21H21N3O5S/c1-28-19-6-2-16(3-7-19)14-17(15-22)21(25)23-18-4-8-20(9-5-18)30(26,27)24-10-12-29-13-11-24/h2-9,14H,10-13H2,1H3,(H,23,25). The SMILES string of the molecule is COc1ccc(C=C(C#N)C(=O)Nc2ccc(S(=O)(=O)N3CCOCC3)cc2)cc1. The second-order valence-corrected chi connectivity index (χ2v) is 8.38. The largest absolute Gasteiger partial charge is 0.497 e. The molecule has 0 aliphatic carbocycles. The third-order valence-corrected chi connectivity index (χ3v) is 6.42. The smallest absolute Gasteiger partial charge is 0.266 e. The van der Waals surface area contributed by atoms with Crippen molar-refractivity contribution >= 4 is 27.7 Å². The van der Waals surface area contributed by atoms with E-state index in [0.29, 0.717) is 43.3 Å². The number of nitriles is 1. The van der Waals surface area contributed by atoms with Crippen LogP contribution in [0.4, 0.5) is 5.69 Å². The van der Waals surface area contributed by atoms with Gasteiger partial charge in [0.15, 0.2) is 0 Å². The van der Waals surface area contributed by atoms with Gasteiger partial charge in [-0.2, -0.15) is 9.57 Å². The van der Waals surface area contributed by atoms with Gasteiger partial charge in [0.1, 0.15) is 17.4 Å². The Morgan fingerprint density at radius 1 is 1.13 bits per heavy atom. The van der Waals surface area contributed by atoms with Gasteiger partial charge in [0.25, 0.3) is 5.91 Å². The van der Waals surface area contributed by atoms with Gasteiger partial charge in [-0.05, 0) is 48.0 Å². The first-order chi connectivity index (χ1) is 14.4. The number of anilines is 1. The number of ether oxygens (including phenoxy) is 2. The zero-order valence-electron chi connectivity index (χ0n) is 16.4. The molecule has 156 valence electrons. The zero-order valence-corrected chi connectivity index (χ0v) is 17.2. The molecule has 1 aliphatic heterocycles. The van der Waals surface area contributed by atoms with E-state index in [-0.39, 0.29) is 10.5 Å². The van der Waals surface area contributed by atoms with Crippen LogP contribution >= 0.6 is 0 Å². The Kier molecular flexibility index (Phi) is 6.84. The number of morpholine rings is 1. The number of hydrogen-bond donors (Lipinski definition) is 1. The molecule has 1 heterocycles. The summed E-state index contributed by atoms with van der Waals surface area (Å²) in [6.45, 7) is 1.35. The Morgan fingerprint density at radius 2 is 1.77 bits per heavy atom. The fourth-order valence-electron chi connectivity index (χ4n) is 2.86. The molecule has 1 aliphatic rings. The van der Waals surface area contributed by atoms with Crippen molar-refractivity contribution in [2.75, 3.05) is 38.7 Å². The maximum absolute atomic E-state index is 12.6. The summed E-state index contributed by atoms with van der Waals surface area (Å²) in [5, 5.41) is 11.9. The number of carbonyl (C=O) groups excluding carboxylic acids is 1. The quantitative estimate of drug-likeness (QED) is 0.560. The van der Waals surface area contributed by atoms with Crippen molar-refractivity contribution in [1.29, 1.82) is 5.26 Å². The van der Waals surface area contributed by atoms with Crippen molar-refractivity contribution in [3.63, 3.8) is 0 Å². The van der Waals surface area contributed by atoms with E-state index in [9.17, 15) is 18.5 Å². The van der Waals surface area contributed by atoms with Gasteiger partial charge in [-0.3, -0.25) is 4.79 Å². The van der Waals surface area contributed by atoms with Gasteiger partial charge in [0.05, 0.1) is 25.2 Å². The molecular formula is C21H21N3O5S. The van der Waals surface area contributed by atoms with E-state index in [0.717, 1.165) is 0 Å². The maximum Gasteiger partial charge on any atom is 0.266 e. The first-order valence-electron chi connectivity index (χ1n) is 9.19. The van der Waals surface area contributed by atoms with Crippen molar-refractivity contribution in [2.45, 2.75) is 4.90 Å². The third kappa shape index (κ3) is 5.04. The fraction of sp³-hybridized carbons (Fsp3) is 0.238. The third-order valence-electron chi connectivity index (χ3n) is 4.51. The summed E-state index contributed by atoms with van der Waals surface area (Å²) in [6.07, 6.45) is 1.46. The zero-order chi connectivity index (χ0) is 21.6. The number of sulfonamides is 1. The average Bonchev–Trinajstić information content (AvgIpc) is 2.78. The van der Waals surface area contributed by atoms with Gasteiger partial charge < -0.3 is 14.8 Å². The number of nitrogens with one attached hydrogen (secondary N) is 1. The summed E-state index contributed by atoms with van der Waals surface area (Å²) in [5.74, 6) is 0.0827. The van der Waals surface area contributed by atoms with Gasteiger partial charge in [0, 0.05) is 18.8 Å². The minimum absolute atomic E-state index is 0.0785. The van der Waals surface area contributed by atoms with Gasteiger partial charge in [-0.1, -0.05) is 12.1 Å². The van der Waals surface area contributed by atoms with Gasteiger partial charge in [0.2, 0.25) is 10.0 Å². The van der Waals surface area contributed by atoms with Crippen molar-refractivity contribution in [1.82, 2.24) is 4.31 Å². The highest BCUT2D eigenvalue weighted by atomic mass is 32.2. The van der Waals surface area contributed by atoms with Crippen LogP contribution in [0.3, 0.4) is 0 Å². The number of rotatable bonds is 6. The minimum atomic E-state index is -3.61. The first-order valence-corrected chi connectivity index (χ1v) is 10.6. The summed E-state index contributed by atoms with van der Waals surface area (Å²) in [7, 11) is -2.06. The van der Waals surface area contributed by atoms with E-state index >= 15 is 0 Å². The molecule has 0 unspecified atom stereocenters. The Bertz CT molecular complexity index is 1070. The summed E-state index contributed by atoms with van der Waals surface area (Å²) in [6, 6.07) is 14.6. The Balaban J connectivity index is 1.71. The van der Waals surface area contributed by atoms with Crippen LogP contribution < -0.4 is 10.1 Å². The van der Waals surface area contributed by atoms with E-state index in [1.165, 1.54) is 34.6 Å². The van der Waals surface area contributed by atoms with Crippen LogP contribution in [0.5, 0.6) is 5.75 Å². The lowest BCUT2D eigenvalue weighted by Gasteiger charge is -2.26. The number of methoxy groups -OCH3 is 1. The number of benzene rings is 2. The second-order valence-electron chi connectivity index (χ2n) is 6.44. The summed E-state index contributed by atoms with van der Waals surface area (Å²) in [5.41, 5.74) is 0.983. The molecule has 0 spiro atoms. The van der Waals surface area contributed by atoms with Crippen LogP contribution in [0.2, 0.25) is 0 Å². The summed E-state index contributed by atoms with van der Waals surface area (Å²) in [4.78, 5) is 12.6. The molecule has 0 radical (unpaired) electrons. The molecule has 9 heteroatoms. The highest BCUT2D eigenvalue weighted by molar-refractivity contribution is 7.89. The van der Waals surface area contributed by atoms with Crippen LogP contribution in [0, 0.1) is 11.3 Å². The molecule has 8 nitrogen and oxygen atoms in total. The van der Waals surface area contributed by atoms with E-state index in [1.807, 2.05) is 6.07 Å². The average molecular weight is 427 g/mol. The Morgan fingerprint density at radius 3 is 2.33 bits per heavy atom. The van der Waals surface area contributed by atoms with Crippen molar-refractivity contribution in [2.24, 2.45) is 0 Å². The van der Waals surface area contributed by atoms with Crippen molar-refractivity contribution in [3.05, 3.63) is 59.7 Å². The lowest BCUT2D eigenvalue weighted by molar-refractivity contribution is -0.112. The van der Waals surface area contributed by atoms with Gasteiger partial charge in [-0.15, -0.1) is 0 Å². The molecule has 1 saturated heterocycles. The second kappa shape index (κ2) is 9.54. The maximum atomic E-state index is 12.6. The topological polar surface area (TPSA) is 109 Å². The van der Waals surface area contributed by atoms with Crippen LogP contribution in [-0.4, -0.2) is 52.0 Å². The first kappa shape index (κ1) is 21.5. The molecule has 2 aromatic rings. The van der Waals surface area contributed by atoms with E-state index < -0.39 is 15.9 Å². The molecule has 0 bridgehead atoms.